The predicted molar refractivity (Wildman–Crippen MR) is 94.3 cm³/mol. The Kier molecular flexibility index (Phi) is 5.89. The van der Waals surface area contributed by atoms with Crippen LogP contribution in [0.2, 0.25) is 10.0 Å². The van der Waals surface area contributed by atoms with E-state index in [4.69, 9.17) is 32.9 Å². The van der Waals surface area contributed by atoms with Crippen LogP contribution in [0.25, 0.3) is 0 Å². The van der Waals surface area contributed by atoms with E-state index in [1.165, 1.54) is 0 Å². The first kappa shape index (κ1) is 18.3. The van der Waals surface area contributed by atoms with Crippen molar-refractivity contribution in [3.8, 4) is 6.07 Å². The van der Waals surface area contributed by atoms with Crippen molar-refractivity contribution in [3.05, 3.63) is 50.7 Å². The number of rotatable bonds is 5. The maximum atomic E-state index is 12.2. The fraction of sp³-hybridized carbons (Fsp3) is 0.294. The second kappa shape index (κ2) is 7.71. The number of hydrogen-bond donors (Lipinski definition) is 1. The number of aryl methyl sites for hydroxylation is 1. The molecule has 0 radical (unpaired) electrons. The predicted octanol–water partition coefficient (Wildman–Crippen LogP) is 4.15. The summed E-state index contributed by atoms with van der Waals surface area (Å²) < 4.78 is 5.43. The van der Waals surface area contributed by atoms with Crippen molar-refractivity contribution in [2.45, 2.75) is 20.4 Å². The molecule has 0 aliphatic heterocycles. The van der Waals surface area contributed by atoms with E-state index in [1.807, 2.05) is 24.1 Å². The molecule has 7 heteroatoms. The number of benzene rings is 1. The van der Waals surface area contributed by atoms with Crippen LogP contribution in [0.1, 0.15) is 22.5 Å². The highest BCUT2D eigenvalue weighted by molar-refractivity contribution is 6.42. The minimum absolute atomic E-state index is 0.143. The van der Waals surface area contributed by atoms with Crippen LogP contribution in [0.4, 0.5) is 5.88 Å². The smallest absolute Gasteiger partial charge is 0.240 e. The van der Waals surface area contributed by atoms with Gasteiger partial charge in [0.05, 0.1) is 16.6 Å². The number of amides is 1. The van der Waals surface area contributed by atoms with Crippen molar-refractivity contribution in [1.29, 1.82) is 5.26 Å². The molecule has 0 saturated carbocycles. The highest BCUT2D eigenvalue weighted by Crippen LogP contribution is 2.25. The molecule has 0 atom stereocenters. The van der Waals surface area contributed by atoms with Gasteiger partial charge in [0, 0.05) is 12.1 Å². The van der Waals surface area contributed by atoms with Gasteiger partial charge in [-0.25, -0.2) is 0 Å². The third kappa shape index (κ3) is 4.30. The first-order valence-corrected chi connectivity index (χ1v) is 7.99. The number of likely N-dealkylation sites (N-methyl/N-ethyl adjacent to an activating group) is 1. The summed E-state index contributed by atoms with van der Waals surface area (Å²) >= 11 is 11.9. The lowest BCUT2D eigenvalue weighted by Gasteiger charge is -2.16. The average Bonchev–Trinajstić information content (AvgIpc) is 2.76. The van der Waals surface area contributed by atoms with Gasteiger partial charge in [-0.2, -0.15) is 5.26 Å². The van der Waals surface area contributed by atoms with Crippen molar-refractivity contribution in [1.82, 2.24) is 4.90 Å². The largest absolute Gasteiger partial charge is 0.444 e. The summed E-state index contributed by atoms with van der Waals surface area (Å²) in [7, 11) is 1.81. The molecular formula is C17H17Cl2N3O2. The number of nitrogens with one attached hydrogen (secondary N) is 1. The fourth-order valence-electron chi connectivity index (χ4n) is 2.27. The van der Waals surface area contributed by atoms with Crippen molar-refractivity contribution >= 4 is 35.0 Å². The van der Waals surface area contributed by atoms with Gasteiger partial charge >= 0.3 is 0 Å². The Morgan fingerprint density at radius 2 is 2.04 bits per heavy atom. The number of carbonyl (C=O) groups excluding carboxylic acids is 1. The monoisotopic (exact) mass is 365 g/mol. The van der Waals surface area contributed by atoms with Gasteiger partial charge in [-0.1, -0.05) is 29.3 Å². The molecule has 0 fully saturated rings. The maximum Gasteiger partial charge on any atom is 0.240 e. The van der Waals surface area contributed by atoms with Crippen molar-refractivity contribution in [2.75, 3.05) is 18.9 Å². The van der Waals surface area contributed by atoms with E-state index in [1.54, 1.807) is 26.0 Å². The summed E-state index contributed by atoms with van der Waals surface area (Å²) in [4.78, 5) is 14.0. The van der Waals surface area contributed by atoms with Crippen LogP contribution in [-0.4, -0.2) is 24.4 Å². The number of carbonyl (C=O) groups is 1. The fourth-order valence-corrected chi connectivity index (χ4v) is 2.59. The molecule has 126 valence electrons. The van der Waals surface area contributed by atoms with Gasteiger partial charge < -0.3 is 4.42 Å². The topological polar surface area (TPSA) is 69.3 Å². The van der Waals surface area contributed by atoms with E-state index in [0.717, 1.165) is 11.1 Å². The minimum atomic E-state index is -0.261. The first-order chi connectivity index (χ1) is 11.3. The second-order valence-corrected chi connectivity index (χ2v) is 6.38. The normalized spacial score (nSPS) is 10.7. The molecule has 5 nitrogen and oxygen atoms in total. The molecule has 1 heterocycles. The Bertz CT molecular complexity index is 809. The minimum Gasteiger partial charge on any atom is -0.444 e. The van der Waals surface area contributed by atoms with Gasteiger partial charge in [-0.05, 0) is 38.6 Å². The zero-order valence-electron chi connectivity index (χ0n) is 13.6. The van der Waals surface area contributed by atoms with Crippen LogP contribution in [0.5, 0.6) is 0 Å². The summed E-state index contributed by atoms with van der Waals surface area (Å²) in [6, 6.07) is 7.39. The van der Waals surface area contributed by atoms with E-state index in [0.29, 0.717) is 27.9 Å². The van der Waals surface area contributed by atoms with E-state index < -0.39 is 0 Å². The van der Waals surface area contributed by atoms with Crippen LogP contribution in [-0.2, 0) is 11.3 Å². The zero-order valence-corrected chi connectivity index (χ0v) is 15.1. The summed E-state index contributed by atoms with van der Waals surface area (Å²) in [5.74, 6) is 0.550. The lowest BCUT2D eigenvalue weighted by Crippen LogP contribution is -2.29. The van der Waals surface area contributed by atoms with Gasteiger partial charge in [0.1, 0.15) is 17.4 Å². The molecule has 1 N–H and O–H groups in total. The van der Waals surface area contributed by atoms with Crippen LogP contribution in [0, 0.1) is 25.2 Å². The number of halogens is 2. The number of nitrogens with zero attached hydrogens (tertiary/aromatic N) is 2. The average molecular weight is 366 g/mol. The molecule has 2 rings (SSSR count). The van der Waals surface area contributed by atoms with Gasteiger partial charge in [0.25, 0.3) is 0 Å². The summed E-state index contributed by atoms with van der Waals surface area (Å²) in [6.07, 6.45) is 0. The first-order valence-electron chi connectivity index (χ1n) is 7.24. The molecule has 1 aromatic heterocycles. The summed E-state index contributed by atoms with van der Waals surface area (Å²) in [6.45, 7) is 4.21. The zero-order chi connectivity index (χ0) is 17.9. The molecule has 0 unspecified atom stereocenters. The number of anilines is 1. The third-order valence-corrected chi connectivity index (χ3v) is 4.34. The molecule has 1 amide bonds. The molecule has 2 aromatic rings. The Labute approximate surface area is 150 Å². The Hall–Kier alpha value is -2.00. The number of hydrogen-bond acceptors (Lipinski definition) is 4. The molecule has 0 aliphatic carbocycles. The number of furan rings is 1. The standard InChI is InChI=1S/C17H17Cl2N3O2/c1-10-11(2)24-17(13(10)7-20)21-16(23)9-22(3)8-12-4-5-14(18)15(19)6-12/h4-6H,8-9H2,1-3H3,(H,21,23). The Morgan fingerprint density at radius 1 is 1.33 bits per heavy atom. The second-order valence-electron chi connectivity index (χ2n) is 5.57. The van der Waals surface area contributed by atoms with Gasteiger partial charge in [0.15, 0.2) is 0 Å². The molecule has 1 aromatic carbocycles. The highest BCUT2D eigenvalue weighted by Gasteiger charge is 2.17. The molecule has 0 aliphatic rings. The Balaban J connectivity index is 1.98. The number of nitriles is 1. The van der Waals surface area contributed by atoms with E-state index in [-0.39, 0.29) is 18.3 Å². The van der Waals surface area contributed by atoms with Crippen LogP contribution < -0.4 is 5.32 Å². The van der Waals surface area contributed by atoms with Crippen LogP contribution >= 0.6 is 23.2 Å². The van der Waals surface area contributed by atoms with Gasteiger partial charge in [-0.3, -0.25) is 15.0 Å². The van der Waals surface area contributed by atoms with E-state index in [2.05, 4.69) is 5.32 Å². The van der Waals surface area contributed by atoms with Gasteiger partial charge in [-0.15, -0.1) is 0 Å². The maximum absolute atomic E-state index is 12.2. The summed E-state index contributed by atoms with van der Waals surface area (Å²) in [5.41, 5.74) is 2.03. The van der Waals surface area contributed by atoms with Crippen molar-refractivity contribution in [2.24, 2.45) is 0 Å². The van der Waals surface area contributed by atoms with E-state index >= 15 is 0 Å². The van der Waals surface area contributed by atoms with Crippen LogP contribution in [0.15, 0.2) is 22.6 Å². The van der Waals surface area contributed by atoms with Crippen molar-refractivity contribution in [3.63, 3.8) is 0 Å². The quantitative estimate of drug-likeness (QED) is 0.863. The molecular weight excluding hydrogens is 349 g/mol. The van der Waals surface area contributed by atoms with Gasteiger partial charge in [0.2, 0.25) is 11.8 Å². The molecule has 24 heavy (non-hydrogen) atoms. The van der Waals surface area contributed by atoms with Crippen LogP contribution in [0.3, 0.4) is 0 Å². The lowest BCUT2D eigenvalue weighted by atomic mass is 10.2. The molecule has 0 bridgehead atoms. The SMILES string of the molecule is Cc1oc(NC(=O)CN(C)Cc2ccc(Cl)c(Cl)c2)c(C#N)c1C. The molecule has 0 spiro atoms. The van der Waals surface area contributed by atoms with E-state index in [9.17, 15) is 4.79 Å². The lowest BCUT2D eigenvalue weighted by molar-refractivity contribution is -0.117. The Morgan fingerprint density at radius 3 is 2.67 bits per heavy atom. The van der Waals surface area contributed by atoms with Crippen molar-refractivity contribution < 1.29 is 9.21 Å². The molecule has 0 saturated heterocycles. The highest BCUT2D eigenvalue weighted by atomic mass is 35.5. The third-order valence-electron chi connectivity index (χ3n) is 3.60. The summed E-state index contributed by atoms with van der Waals surface area (Å²) in [5, 5.41) is 12.8.